The van der Waals surface area contributed by atoms with E-state index in [0.29, 0.717) is 131 Å². The van der Waals surface area contributed by atoms with Crippen molar-refractivity contribution >= 4 is 23.9 Å². The number of hydrogen-bond donors (Lipinski definition) is 3. The predicted molar refractivity (Wildman–Crippen MR) is 234 cm³/mol. The first-order valence-electron chi connectivity index (χ1n) is 22.2. The summed E-state index contributed by atoms with van der Waals surface area (Å²) in [5.41, 5.74) is 3.64. The molecule has 2 atom stereocenters. The van der Waals surface area contributed by atoms with E-state index in [4.69, 9.17) is 57.8 Å². The minimum absolute atomic E-state index is 0.0665. The molecule has 0 bridgehead atoms. The van der Waals surface area contributed by atoms with Crippen molar-refractivity contribution in [2.75, 3.05) is 106 Å². The van der Waals surface area contributed by atoms with Crippen molar-refractivity contribution < 1.29 is 71.3 Å². The summed E-state index contributed by atoms with van der Waals surface area (Å²) < 4.78 is 61.9. The van der Waals surface area contributed by atoms with Crippen LogP contribution in [0.4, 0.5) is 4.79 Å². The quantitative estimate of drug-likeness (QED) is 0.0493. The largest absolute Gasteiger partial charge is 0.460 e. The predicted octanol–water partition coefficient (Wildman–Crippen LogP) is 2.88. The van der Waals surface area contributed by atoms with Crippen molar-refractivity contribution in [1.29, 1.82) is 0 Å². The summed E-state index contributed by atoms with van der Waals surface area (Å²) in [5, 5.41) is 13.6. The van der Waals surface area contributed by atoms with Gasteiger partial charge >= 0.3 is 23.9 Å². The number of esters is 3. The van der Waals surface area contributed by atoms with E-state index < -0.39 is 52.8 Å². The number of aryl methyl sites for hydroxylation is 1. The van der Waals surface area contributed by atoms with E-state index in [9.17, 15) is 19.2 Å². The molecule has 64 heavy (non-hydrogen) atoms. The van der Waals surface area contributed by atoms with Crippen molar-refractivity contribution in [3.05, 3.63) is 11.9 Å². The van der Waals surface area contributed by atoms with E-state index >= 15 is 0 Å². The van der Waals surface area contributed by atoms with Crippen LogP contribution in [0.2, 0.25) is 0 Å². The first-order valence-corrected chi connectivity index (χ1v) is 22.2. The second kappa shape index (κ2) is 33.9. The highest BCUT2D eigenvalue weighted by Crippen LogP contribution is 2.15. The van der Waals surface area contributed by atoms with Crippen molar-refractivity contribution in [2.45, 2.75) is 136 Å². The summed E-state index contributed by atoms with van der Waals surface area (Å²) in [4.78, 5) is 51.8. The number of ether oxygens (including phenoxy) is 11. The molecule has 1 aromatic rings. The zero-order chi connectivity index (χ0) is 47.7. The number of nitrogens with two attached hydrogens (primary N) is 1. The second-order valence-corrected chi connectivity index (χ2v) is 17.5. The van der Waals surface area contributed by atoms with Crippen molar-refractivity contribution in [3.63, 3.8) is 0 Å². The molecule has 21 heteroatoms. The van der Waals surface area contributed by atoms with Gasteiger partial charge in [0.2, 0.25) is 0 Å². The van der Waals surface area contributed by atoms with Gasteiger partial charge in [0.15, 0.2) is 0 Å². The Hall–Kier alpha value is -3.54. The SMILES string of the molecule is CC(C)(C)OC(=O)CC[C@H](NC(=O)N[C@@H](CCCCn1cc(COCCOCCOCCOCCOCCOCCOCCOCCN)nn1)C(=O)OC(C)(C)C)C(=O)OC(C)(C)C. The number of urea groups is 1. The lowest BCUT2D eigenvalue weighted by molar-refractivity contribution is -0.159. The third kappa shape index (κ3) is 34.8. The molecule has 1 rings (SSSR count). The van der Waals surface area contributed by atoms with Gasteiger partial charge in [0, 0.05) is 19.5 Å². The summed E-state index contributed by atoms with van der Waals surface area (Å²) in [6.07, 6.45) is 2.96. The number of aromatic nitrogens is 3. The Morgan fingerprint density at radius 3 is 1.36 bits per heavy atom. The molecule has 0 radical (unpaired) electrons. The Morgan fingerprint density at radius 1 is 0.562 bits per heavy atom. The molecular weight excluding hydrogens is 840 g/mol. The van der Waals surface area contributed by atoms with Crippen molar-refractivity contribution in [1.82, 2.24) is 25.6 Å². The fourth-order valence-corrected chi connectivity index (χ4v) is 5.19. The number of amides is 2. The first-order chi connectivity index (χ1) is 30.3. The first kappa shape index (κ1) is 58.5. The normalized spacial score (nSPS) is 13.0. The molecule has 2 amide bonds. The highest BCUT2D eigenvalue weighted by Gasteiger charge is 2.31. The Morgan fingerprint density at radius 2 is 0.953 bits per heavy atom. The summed E-state index contributed by atoms with van der Waals surface area (Å²) >= 11 is 0. The summed E-state index contributed by atoms with van der Waals surface area (Å²) in [5.74, 6) is -1.87. The minimum atomic E-state index is -1.17. The molecule has 0 spiro atoms. The number of carbonyl (C=O) groups is 4. The zero-order valence-corrected chi connectivity index (χ0v) is 40.0. The molecule has 21 nitrogen and oxygen atoms in total. The van der Waals surface area contributed by atoms with Crippen LogP contribution in [0, 0.1) is 0 Å². The molecule has 0 aliphatic carbocycles. The van der Waals surface area contributed by atoms with E-state index in [1.807, 2.05) is 0 Å². The highest BCUT2D eigenvalue weighted by molar-refractivity contribution is 5.87. The molecule has 0 saturated carbocycles. The van der Waals surface area contributed by atoms with Gasteiger partial charge in [0.25, 0.3) is 0 Å². The molecular formula is C43H80N6O15. The maximum atomic E-state index is 13.2. The number of unbranched alkanes of at least 4 members (excludes halogenated alkanes) is 1. The summed E-state index contributed by atoms with van der Waals surface area (Å²) in [6.45, 7) is 23.8. The Balaban J connectivity index is 2.30. The Labute approximate surface area is 380 Å². The number of nitrogens with one attached hydrogen (secondary N) is 2. The monoisotopic (exact) mass is 921 g/mol. The van der Waals surface area contributed by atoms with Crippen LogP contribution in [0.3, 0.4) is 0 Å². The molecule has 4 N–H and O–H groups in total. The van der Waals surface area contributed by atoms with Crippen LogP contribution in [0.15, 0.2) is 6.20 Å². The van der Waals surface area contributed by atoms with Crippen LogP contribution in [0.1, 0.15) is 100 Å². The van der Waals surface area contributed by atoms with Gasteiger partial charge in [-0.2, -0.15) is 0 Å². The van der Waals surface area contributed by atoms with Gasteiger partial charge in [-0.3, -0.25) is 9.48 Å². The van der Waals surface area contributed by atoms with Crippen molar-refractivity contribution in [2.24, 2.45) is 5.73 Å². The molecule has 0 unspecified atom stereocenters. The van der Waals surface area contributed by atoms with Crippen LogP contribution >= 0.6 is 0 Å². The zero-order valence-electron chi connectivity index (χ0n) is 40.0. The van der Waals surface area contributed by atoms with E-state index in [1.54, 1.807) is 73.2 Å². The Bertz CT molecular complexity index is 1400. The maximum Gasteiger partial charge on any atom is 0.329 e. The van der Waals surface area contributed by atoms with Gasteiger partial charge in [-0.15, -0.1) is 5.10 Å². The molecule has 0 aliphatic rings. The van der Waals surface area contributed by atoms with Gasteiger partial charge in [-0.25, -0.2) is 14.4 Å². The highest BCUT2D eigenvalue weighted by atomic mass is 16.6. The number of hydrogen-bond acceptors (Lipinski definition) is 18. The third-order valence-corrected chi connectivity index (χ3v) is 7.88. The third-order valence-electron chi connectivity index (χ3n) is 7.88. The average molecular weight is 921 g/mol. The summed E-state index contributed by atoms with van der Waals surface area (Å²) in [7, 11) is 0. The molecule has 0 fully saturated rings. The Kier molecular flexibility index (Phi) is 30.9. The lowest BCUT2D eigenvalue weighted by Gasteiger charge is -2.27. The standard InChI is InChI=1S/C43H80N6O15/c1-41(2,3)62-37(50)14-13-36(39(52)64-43(7,8)9)46-40(53)45-35(38(51)63-42(4,5)6)12-10-11-16-49-32-34(47-48-49)33-61-31-30-60-29-28-59-27-26-58-25-24-57-23-22-56-21-20-55-19-18-54-17-15-44/h32,35-36H,10-31,33,44H2,1-9H3,(H2,45,46,53)/t35-,36-/m0/s1. The number of nitrogens with zero attached hydrogens (tertiary/aromatic N) is 3. The van der Waals surface area contributed by atoms with Gasteiger partial charge in [-0.1, -0.05) is 5.21 Å². The van der Waals surface area contributed by atoms with E-state index in [1.165, 1.54) is 0 Å². The van der Waals surface area contributed by atoms with Crippen LogP contribution in [-0.4, -0.2) is 173 Å². The molecule has 0 aromatic carbocycles. The molecule has 0 aliphatic heterocycles. The lowest BCUT2D eigenvalue weighted by Crippen LogP contribution is -2.53. The second-order valence-electron chi connectivity index (χ2n) is 17.5. The fourth-order valence-electron chi connectivity index (χ4n) is 5.19. The van der Waals surface area contributed by atoms with E-state index in [-0.39, 0.29) is 25.9 Å². The molecule has 372 valence electrons. The fraction of sp³-hybridized carbons (Fsp3) is 0.860. The molecule has 1 aromatic heterocycles. The van der Waals surface area contributed by atoms with Crippen LogP contribution < -0.4 is 16.4 Å². The maximum absolute atomic E-state index is 13.2. The van der Waals surface area contributed by atoms with E-state index in [2.05, 4.69) is 20.9 Å². The average Bonchev–Trinajstić information content (AvgIpc) is 3.64. The molecule has 1 heterocycles. The minimum Gasteiger partial charge on any atom is -0.460 e. The van der Waals surface area contributed by atoms with Crippen LogP contribution in [-0.2, 0) is 79.6 Å². The number of rotatable bonds is 37. The lowest BCUT2D eigenvalue weighted by atomic mass is 10.1. The van der Waals surface area contributed by atoms with Gasteiger partial charge in [0.05, 0.1) is 112 Å². The van der Waals surface area contributed by atoms with Gasteiger partial charge in [-0.05, 0) is 88.0 Å². The van der Waals surface area contributed by atoms with E-state index in [0.717, 1.165) is 0 Å². The number of carbonyl (C=O) groups excluding carboxylic acids is 4. The molecule has 0 saturated heterocycles. The van der Waals surface area contributed by atoms with Crippen molar-refractivity contribution in [3.8, 4) is 0 Å². The topological polar surface area (TPSA) is 251 Å². The smallest absolute Gasteiger partial charge is 0.329 e. The van der Waals surface area contributed by atoms with Gasteiger partial charge < -0.3 is 68.5 Å². The summed E-state index contributed by atoms with van der Waals surface area (Å²) in [6, 6.07) is -2.98. The van der Waals surface area contributed by atoms with Crippen LogP contribution in [0.5, 0.6) is 0 Å². The van der Waals surface area contributed by atoms with Crippen LogP contribution in [0.25, 0.3) is 0 Å². The van der Waals surface area contributed by atoms with Gasteiger partial charge in [0.1, 0.15) is 34.6 Å².